The Morgan fingerprint density at radius 3 is 2.56 bits per heavy atom. The number of halogens is 1. The van der Waals surface area contributed by atoms with Gasteiger partial charge in [-0.05, 0) is 12.8 Å². The van der Waals surface area contributed by atoms with Crippen molar-refractivity contribution in [3.8, 4) is 0 Å². The number of hydrogen-bond acceptors (Lipinski definition) is 3. The predicted molar refractivity (Wildman–Crippen MR) is 112 cm³/mol. The largest absolute Gasteiger partial charge is 0.357 e. The van der Waals surface area contributed by atoms with Crippen LogP contribution in [0.1, 0.15) is 43.5 Å². The number of nitrogens with one attached hydrogen (secondary N) is 1. The van der Waals surface area contributed by atoms with Gasteiger partial charge in [0, 0.05) is 57.8 Å². The lowest BCUT2D eigenvalue weighted by atomic mass is 10.1. The number of aromatic nitrogens is 4. The van der Waals surface area contributed by atoms with Gasteiger partial charge in [0.15, 0.2) is 5.96 Å². The molecule has 0 bridgehead atoms. The summed E-state index contributed by atoms with van der Waals surface area (Å²) in [4.78, 5) is 6.87. The Bertz CT molecular complexity index is 687. The van der Waals surface area contributed by atoms with E-state index in [-0.39, 0.29) is 24.0 Å². The van der Waals surface area contributed by atoms with E-state index in [1.54, 1.807) is 4.68 Å². The smallest absolute Gasteiger partial charge is 0.194 e. The topological polar surface area (TPSA) is 63.3 Å². The van der Waals surface area contributed by atoms with E-state index < -0.39 is 0 Å². The lowest BCUT2D eigenvalue weighted by molar-refractivity contribution is 0.473. The normalized spacial score (nSPS) is 11.6. The Kier molecular flexibility index (Phi) is 8.40. The first-order valence-electron chi connectivity index (χ1n) is 8.40. The molecule has 0 saturated heterocycles. The van der Waals surface area contributed by atoms with Crippen molar-refractivity contribution in [3.63, 3.8) is 0 Å². The molecule has 0 spiro atoms. The number of rotatable bonds is 6. The third-order valence-corrected chi connectivity index (χ3v) is 3.76. The van der Waals surface area contributed by atoms with Crippen LogP contribution < -0.4 is 5.32 Å². The molecule has 0 aliphatic heterocycles. The molecule has 0 aliphatic carbocycles. The van der Waals surface area contributed by atoms with E-state index in [1.165, 1.54) is 5.56 Å². The summed E-state index contributed by atoms with van der Waals surface area (Å²) in [5, 5.41) is 12.1. The van der Waals surface area contributed by atoms with Crippen LogP contribution in [-0.2, 0) is 27.2 Å². The molecule has 0 unspecified atom stereocenters. The Morgan fingerprint density at radius 1 is 1.28 bits per heavy atom. The number of hydrogen-bond donors (Lipinski definition) is 1. The number of guanidine groups is 1. The molecule has 0 atom stereocenters. The molecule has 25 heavy (non-hydrogen) atoms. The highest BCUT2D eigenvalue weighted by molar-refractivity contribution is 14.0. The van der Waals surface area contributed by atoms with Gasteiger partial charge in [0.1, 0.15) is 0 Å². The van der Waals surface area contributed by atoms with Crippen molar-refractivity contribution in [2.75, 3.05) is 13.6 Å². The molecular formula is C17H30IN7. The van der Waals surface area contributed by atoms with Gasteiger partial charge in [-0.25, -0.2) is 4.99 Å². The van der Waals surface area contributed by atoms with Crippen LogP contribution >= 0.6 is 24.0 Å². The minimum Gasteiger partial charge on any atom is -0.357 e. The molecule has 0 fully saturated rings. The average Bonchev–Trinajstić information content (AvgIpc) is 3.09. The highest BCUT2D eigenvalue weighted by Crippen LogP contribution is 2.18. The van der Waals surface area contributed by atoms with Crippen molar-refractivity contribution >= 4 is 29.9 Å². The van der Waals surface area contributed by atoms with Crippen LogP contribution in [0.4, 0.5) is 0 Å². The van der Waals surface area contributed by atoms with E-state index in [2.05, 4.69) is 54.4 Å². The van der Waals surface area contributed by atoms with Gasteiger partial charge in [0.25, 0.3) is 0 Å². The summed E-state index contributed by atoms with van der Waals surface area (Å²) in [5.74, 6) is 1.30. The molecular weight excluding hydrogens is 429 g/mol. The molecule has 0 radical (unpaired) electrons. The Balaban J connectivity index is 0.00000312. The van der Waals surface area contributed by atoms with E-state index in [9.17, 15) is 0 Å². The number of aliphatic imine (C=N–C) groups is 1. The van der Waals surface area contributed by atoms with Gasteiger partial charge in [-0.15, -0.1) is 24.0 Å². The minimum absolute atomic E-state index is 0. The monoisotopic (exact) mass is 459 g/mol. The third-order valence-electron chi connectivity index (χ3n) is 3.76. The van der Waals surface area contributed by atoms with Gasteiger partial charge in [-0.3, -0.25) is 9.36 Å². The Labute approximate surface area is 167 Å². The average molecular weight is 459 g/mol. The number of nitrogens with zero attached hydrogens (tertiary/aromatic N) is 6. The quantitative estimate of drug-likeness (QED) is 0.410. The Morgan fingerprint density at radius 2 is 2.00 bits per heavy atom. The molecule has 0 amide bonds. The van der Waals surface area contributed by atoms with E-state index in [0.717, 1.165) is 30.3 Å². The standard InChI is InChI=1S/C17H29N7.HI/c1-7-18-17(19-8-14-9-20-23(5)10-14)22(4)11-15-12-24(6)21-16(15)13(2)3;/h9-10,12-13H,7-8,11H2,1-6H3,(H,18,19);1H. The van der Waals surface area contributed by atoms with Crippen LogP contribution in [-0.4, -0.2) is 44.0 Å². The second-order valence-corrected chi connectivity index (χ2v) is 6.42. The van der Waals surface area contributed by atoms with Crippen LogP contribution in [0.5, 0.6) is 0 Å². The minimum atomic E-state index is 0. The molecule has 2 aromatic rings. The lowest BCUT2D eigenvalue weighted by Crippen LogP contribution is -2.38. The van der Waals surface area contributed by atoms with Gasteiger partial charge in [0.05, 0.1) is 18.4 Å². The van der Waals surface area contributed by atoms with E-state index in [4.69, 9.17) is 4.99 Å². The molecule has 0 saturated carbocycles. The van der Waals surface area contributed by atoms with Crippen LogP contribution in [0.25, 0.3) is 0 Å². The summed E-state index contributed by atoms with van der Waals surface area (Å²) in [7, 11) is 5.94. The highest BCUT2D eigenvalue weighted by Gasteiger charge is 2.15. The highest BCUT2D eigenvalue weighted by atomic mass is 127. The first-order valence-corrected chi connectivity index (χ1v) is 8.40. The zero-order valence-corrected chi connectivity index (χ0v) is 18.4. The van der Waals surface area contributed by atoms with Crippen molar-refractivity contribution in [3.05, 3.63) is 35.4 Å². The third kappa shape index (κ3) is 6.02. The van der Waals surface area contributed by atoms with Gasteiger partial charge < -0.3 is 10.2 Å². The van der Waals surface area contributed by atoms with E-state index in [0.29, 0.717) is 12.5 Å². The lowest BCUT2D eigenvalue weighted by Gasteiger charge is -2.22. The molecule has 0 aliphatic rings. The van der Waals surface area contributed by atoms with Crippen LogP contribution in [0.2, 0.25) is 0 Å². The molecule has 2 rings (SSSR count). The molecule has 2 aromatic heterocycles. The van der Waals surface area contributed by atoms with Gasteiger partial charge in [-0.1, -0.05) is 13.8 Å². The molecule has 8 heteroatoms. The Hall–Kier alpha value is -1.58. The maximum Gasteiger partial charge on any atom is 0.194 e. The van der Waals surface area contributed by atoms with Crippen molar-refractivity contribution in [1.29, 1.82) is 0 Å². The summed E-state index contributed by atoms with van der Waals surface area (Å²) in [6.45, 7) is 8.66. The van der Waals surface area contributed by atoms with E-state index in [1.807, 2.05) is 31.2 Å². The van der Waals surface area contributed by atoms with Crippen molar-refractivity contribution in [1.82, 2.24) is 29.8 Å². The fourth-order valence-corrected chi connectivity index (χ4v) is 2.68. The first-order chi connectivity index (χ1) is 11.4. The summed E-state index contributed by atoms with van der Waals surface area (Å²) in [6.07, 6.45) is 5.94. The second kappa shape index (κ2) is 9.79. The molecule has 1 N–H and O–H groups in total. The molecule has 2 heterocycles. The van der Waals surface area contributed by atoms with Crippen molar-refractivity contribution in [2.45, 2.75) is 39.8 Å². The van der Waals surface area contributed by atoms with Crippen LogP contribution in [0, 0.1) is 0 Å². The maximum absolute atomic E-state index is 4.73. The van der Waals surface area contributed by atoms with Gasteiger partial charge >= 0.3 is 0 Å². The van der Waals surface area contributed by atoms with E-state index >= 15 is 0 Å². The molecule has 0 aromatic carbocycles. The first kappa shape index (κ1) is 21.5. The zero-order valence-electron chi connectivity index (χ0n) is 16.0. The van der Waals surface area contributed by atoms with Crippen LogP contribution in [0.3, 0.4) is 0 Å². The predicted octanol–water partition coefficient (Wildman–Crippen LogP) is 2.49. The van der Waals surface area contributed by atoms with Crippen molar-refractivity contribution < 1.29 is 0 Å². The summed E-state index contributed by atoms with van der Waals surface area (Å²) >= 11 is 0. The summed E-state index contributed by atoms with van der Waals surface area (Å²) in [6, 6.07) is 0. The maximum atomic E-state index is 4.73. The van der Waals surface area contributed by atoms with Crippen LogP contribution in [0.15, 0.2) is 23.6 Å². The van der Waals surface area contributed by atoms with Gasteiger partial charge in [0.2, 0.25) is 0 Å². The summed E-state index contributed by atoms with van der Waals surface area (Å²) < 4.78 is 3.68. The van der Waals surface area contributed by atoms with Gasteiger partial charge in [-0.2, -0.15) is 10.2 Å². The number of aryl methyl sites for hydroxylation is 2. The fourth-order valence-electron chi connectivity index (χ4n) is 2.68. The zero-order chi connectivity index (χ0) is 17.7. The summed E-state index contributed by atoms with van der Waals surface area (Å²) in [5.41, 5.74) is 3.49. The second-order valence-electron chi connectivity index (χ2n) is 6.42. The van der Waals surface area contributed by atoms with Crippen molar-refractivity contribution in [2.24, 2.45) is 19.1 Å². The molecule has 7 nitrogen and oxygen atoms in total. The SMILES string of the molecule is CCNC(=NCc1cnn(C)c1)N(C)Cc1cn(C)nc1C(C)C.I. The molecule has 140 valence electrons. The fraction of sp³-hybridized carbons (Fsp3) is 0.588.